The van der Waals surface area contributed by atoms with E-state index in [9.17, 15) is 0 Å². The van der Waals surface area contributed by atoms with Crippen LogP contribution in [0.1, 0.15) is 30.3 Å². The van der Waals surface area contributed by atoms with Crippen LogP contribution in [-0.4, -0.2) is 19.5 Å². The maximum Gasteiger partial charge on any atom is 0.0954 e. The molecule has 0 spiro atoms. The maximum atomic E-state index is 4.37. The van der Waals surface area contributed by atoms with E-state index in [-0.39, 0.29) is 0 Å². The van der Waals surface area contributed by atoms with Gasteiger partial charge in [0.1, 0.15) is 0 Å². The standard InChI is InChI=1S/C11H12N4/c1-2-9-6-13-8-15(9)11(3-1)10-7-12-4-5-14-10/h4-8,11H,1-3H2. The molecule has 4 nitrogen and oxygen atoms in total. The highest BCUT2D eigenvalue weighted by atomic mass is 15.1. The number of rotatable bonds is 1. The third kappa shape index (κ3) is 1.42. The summed E-state index contributed by atoms with van der Waals surface area (Å²) in [6.45, 7) is 0. The minimum Gasteiger partial charge on any atom is -0.325 e. The smallest absolute Gasteiger partial charge is 0.0954 e. The summed E-state index contributed by atoms with van der Waals surface area (Å²) in [5, 5.41) is 0. The second kappa shape index (κ2) is 3.46. The first-order valence-corrected chi connectivity index (χ1v) is 5.22. The zero-order valence-corrected chi connectivity index (χ0v) is 8.37. The van der Waals surface area contributed by atoms with Gasteiger partial charge in [-0.3, -0.25) is 9.97 Å². The Morgan fingerprint density at radius 2 is 2.20 bits per heavy atom. The molecule has 1 aliphatic rings. The van der Waals surface area contributed by atoms with E-state index < -0.39 is 0 Å². The highest BCUT2D eigenvalue weighted by Crippen LogP contribution is 2.28. The zero-order valence-electron chi connectivity index (χ0n) is 8.37. The molecule has 3 heterocycles. The van der Waals surface area contributed by atoms with E-state index >= 15 is 0 Å². The van der Waals surface area contributed by atoms with Gasteiger partial charge in [-0.25, -0.2) is 4.98 Å². The molecule has 1 unspecified atom stereocenters. The number of aryl methyl sites for hydroxylation is 1. The minimum absolute atomic E-state index is 0.324. The van der Waals surface area contributed by atoms with Gasteiger partial charge in [-0.05, 0) is 19.3 Å². The first kappa shape index (κ1) is 8.59. The van der Waals surface area contributed by atoms with Crippen LogP contribution < -0.4 is 0 Å². The monoisotopic (exact) mass is 200 g/mol. The van der Waals surface area contributed by atoms with E-state index in [0.29, 0.717) is 6.04 Å². The van der Waals surface area contributed by atoms with Crippen LogP contribution in [-0.2, 0) is 6.42 Å². The molecule has 76 valence electrons. The van der Waals surface area contributed by atoms with Crippen molar-refractivity contribution in [2.75, 3.05) is 0 Å². The first-order valence-electron chi connectivity index (χ1n) is 5.22. The van der Waals surface area contributed by atoms with E-state index in [1.165, 1.54) is 12.1 Å². The molecule has 0 radical (unpaired) electrons. The molecule has 0 aromatic carbocycles. The van der Waals surface area contributed by atoms with E-state index in [4.69, 9.17) is 0 Å². The SMILES string of the molecule is c1cnc(C2CCCc3cncn32)cn1. The van der Waals surface area contributed by atoms with Crippen LogP contribution in [0.5, 0.6) is 0 Å². The van der Waals surface area contributed by atoms with Crippen LogP contribution >= 0.6 is 0 Å². The first-order chi connectivity index (χ1) is 7.45. The molecule has 2 aromatic rings. The Bertz CT molecular complexity index is 449. The van der Waals surface area contributed by atoms with Crippen molar-refractivity contribution in [2.45, 2.75) is 25.3 Å². The van der Waals surface area contributed by atoms with Crippen LogP contribution in [0.15, 0.2) is 31.1 Å². The lowest BCUT2D eigenvalue weighted by atomic mass is 10.0. The van der Waals surface area contributed by atoms with Crippen LogP contribution in [0.3, 0.4) is 0 Å². The maximum absolute atomic E-state index is 4.37. The quantitative estimate of drug-likeness (QED) is 0.702. The normalized spacial score (nSPS) is 19.9. The molecule has 0 aliphatic carbocycles. The number of imidazole rings is 1. The van der Waals surface area contributed by atoms with Crippen LogP contribution in [0.4, 0.5) is 0 Å². The lowest BCUT2D eigenvalue weighted by molar-refractivity contribution is 0.448. The van der Waals surface area contributed by atoms with E-state index in [2.05, 4.69) is 19.5 Å². The fraction of sp³-hybridized carbons (Fsp3) is 0.364. The molecule has 1 aliphatic heterocycles. The van der Waals surface area contributed by atoms with Gasteiger partial charge < -0.3 is 4.57 Å². The molecule has 0 bridgehead atoms. The Kier molecular flexibility index (Phi) is 1.98. The van der Waals surface area contributed by atoms with Gasteiger partial charge >= 0.3 is 0 Å². The summed E-state index contributed by atoms with van der Waals surface area (Å²) in [7, 11) is 0. The summed E-state index contributed by atoms with van der Waals surface area (Å²) in [5.74, 6) is 0. The zero-order chi connectivity index (χ0) is 10.1. The van der Waals surface area contributed by atoms with Gasteiger partial charge in [0.25, 0.3) is 0 Å². The molecule has 0 saturated heterocycles. The number of hydrogen-bond acceptors (Lipinski definition) is 3. The van der Waals surface area contributed by atoms with Crippen molar-refractivity contribution in [3.63, 3.8) is 0 Å². The average Bonchev–Trinajstić information content (AvgIpc) is 2.78. The van der Waals surface area contributed by atoms with Gasteiger partial charge in [-0.15, -0.1) is 0 Å². The second-order valence-electron chi connectivity index (χ2n) is 3.83. The number of hydrogen-bond donors (Lipinski definition) is 0. The number of fused-ring (bicyclic) bond motifs is 1. The minimum atomic E-state index is 0.324. The Balaban J connectivity index is 2.03. The van der Waals surface area contributed by atoms with Crippen molar-refractivity contribution in [1.29, 1.82) is 0 Å². The highest BCUT2D eigenvalue weighted by molar-refractivity contribution is 5.12. The van der Waals surface area contributed by atoms with Crippen LogP contribution in [0.2, 0.25) is 0 Å². The van der Waals surface area contributed by atoms with Gasteiger partial charge in [-0.2, -0.15) is 0 Å². The number of nitrogens with zero attached hydrogens (tertiary/aromatic N) is 4. The van der Waals surface area contributed by atoms with Gasteiger partial charge in [0.05, 0.1) is 24.3 Å². The van der Waals surface area contributed by atoms with Gasteiger partial charge in [-0.1, -0.05) is 0 Å². The molecule has 0 N–H and O–H groups in total. The predicted octanol–water partition coefficient (Wildman–Crippen LogP) is 1.60. The molecular weight excluding hydrogens is 188 g/mol. The molecule has 1 atom stereocenters. The lowest BCUT2D eigenvalue weighted by Gasteiger charge is -2.24. The summed E-state index contributed by atoms with van der Waals surface area (Å²) in [4.78, 5) is 12.7. The summed E-state index contributed by atoms with van der Waals surface area (Å²) < 4.78 is 2.22. The van der Waals surface area contributed by atoms with Crippen molar-refractivity contribution >= 4 is 0 Å². The molecule has 2 aromatic heterocycles. The fourth-order valence-corrected chi connectivity index (χ4v) is 2.20. The summed E-state index contributed by atoms with van der Waals surface area (Å²) in [6, 6.07) is 0.324. The Labute approximate surface area is 88.0 Å². The van der Waals surface area contributed by atoms with Gasteiger partial charge in [0.2, 0.25) is 0 Å². The summed E-state index contributed by atoms with van der Waals surface area (Å²) in [5.41, 5.74) is 2.34. The van der Waals surface area contributed by atoms with E-state index in [0.717, 1.165) is 18.5 Å². The molecule has 0 amide bonds. The summed E-state index contributed by atoms with van der Waals surface area (Å²) >= 11 is 0. The molecule has 0 saturated carbocycles. The van der Waals surface area contributed by atoms with Crippen molar-refractivity contribution in [1.82, 2.24) is 19.5 Å². The van der Waals surface area contributed by atoms with Crippen molar-refractivity contribution < 1.29 is 0 Å². The highest BCUT2D eigenvalue weighted by Gasteiger charge is 2.21. The van der Waals surface area contributed by atoms with Gasteiger partial charge in [0, 0.05) is 24.3 Å². The van der Waals surface area contributed by atoms with E-state index in [1.807, 2.05) is 18.7 Å². The topological polar surface area (TPSA) is 43.6 Å². The van der Waals surface area contributed by atoms with Crippen LogP contribution in [0, 0.1) is 0 Å². The summed E-state index contributed by atoms with van der Waals surface area (Å²) in [6.07, 6.45) is 12.6. The third-order valence-corrected chi connectivity index (χ3v) is 2.92. The fourth-order valence-electron chi connectivity index (χ4n) is 2.20. The Hall–Kier alpha value is -1.71. The molecule has 4 heteroatoms. The molecule has 15 heavy (non-hydrogen) atoms. The third-order valence-electron chi connectivity index (χ3n) is 2.92. The Morgan fingerprint density at radius 1 is 1.20 bits per heavy atom. The molecular formula is C11H12N4. The van der Waals surface area contributed by atoms with Crippen molar-refractivity contribution in [3.8, 4) is 0 Å². The second-order valence-corrected chi connectivity index (χ2v) is 3.83. The number of aromatic nitrogens is 4. The van der Waals surface area contributed by atoms with E-state index in [1.54, 1.807) is 12.4 Å². The largest absolute Gasteiger partial charge is 0.325 e. The molecule has 3 rings (SSSR count). The van der Waals surface area contributed by atoms with Crippen molar-refractivity contribution in [3.05, 3.63) is 42.5 Å². The lowest BCUT2D eigenvalue weighted by Crippen LogP contribution is -2.18. The Morgan fingerprint density at radius 3 is 3.07 bits per heavy atom. The van der Waals surface area contributed by atoms with Crippen LogP contribution in [0.25, 0.3) is 0 Å². The predicted molar refractivity (Wildman–Crippen MR) is 55.3 cm³/mol. The van der Waals surface area contributed by atoms with Crippen molar-refractivity contribution in [2.24, 2.45) is 0 Å². The molecule has 0 fully saturated rings. The average molecular weight is 200 g/mol. The van der Waals surface area contributed by atoms with Gasteiger partial charge in [0.15, 0.2) is 0 Å².